The zero-order chi connectivity index (χ0) is 20.4. The van der Waals surface area contributed by atoms with E-state index in [1.54, 1.807) is 47.0 Å². The van der Waals surface area contributed by atoms with Crippen molar-refractivity contribution in [3.63, 3.8) is 0 Å². The fraction of sp³-hybridized carbons (Fsp3) is 0.0500. The van der Waals surface area contributed by atoms with Gasteiger partial charge in [0.15, 0.2) is 5.43 Å². The summed E-state index contributed by atoms with van der Waals surface area (Å²) in [5, 5.41) is 20.0. The Labute approximate surface area is 168 Å². The highest BCUT2D eigenvalue weighted by Gasteiger charge is 2.17. The number of ketones is 1. The predicted octanol–water partition coefficient (Wildman–Crippen LogP) is 3.91. The summed E-state index contributed by atoms with van der Waals surface area (Å²) in [7, 11) is 0. The maximum Gasteiger partial charge on any atom is 0.376 e. The molecule has 0 spiro atoms. The van der Waals surface area contributed by atoms with E-state index < -0.39 is 22.9 Å². The number of pyridine rings is 1. The molecule has 8 heteroatoms. The van der Waals surface area contributed by atoms with E-state index in [9.17, 15) is 19.5 Å². The number of halogens is 2. The largest absolute Gasteiger partial charge is 0.507 e. The van der Waals surface area contributed by atoms with Crippen molar-refractivity contribution in [1.29, 1.82) is 0 Å². The second-order valence-electron chi connectivity index (χ2n) is 5.92. The summed E-state index contributed by atoms with van der Waals surface area (Å²) in [5.74, 6) is -3.82. The van der Waals surface area contributed by atoms with Crippen molar-refractivity contribution in [1.82, 2.24) is 4.57 Å². The number of carbonyl (C=O) groups is 2. The fourth-order valence-electron chi connectivity index (χ4n) is 2.78. The topological polar surface area (TPSA) is 96.6 Å². The fourth-order valence-corrected chi connectivity index (χ4v) is 3.29. The monoisotopic (exact) mass is 417 g/mol. The van der Waals surface area contributed by atoms with Crippen LogP contribution in [0.3, 0.4) is 0 Å². The molecule has 28 heavy (non-hydrogen) atoms. The first-order valence-electron chi connectivity index (χ1n) is 8.03. The van der Waals surface area contributed by atoms with Gasteiger partial charge in [-0.2, -0.15) is 0 Å². The van der Waals surface area contributed by atoms with Gasteiger partial charge in [-0.25, -0.2) is 4.79 Å². The number of benzene rings is 2. The molecule has 0 saturated carbocycles. The van der Waals surface area contributed by atoms with E-state index in [2.05, 4.69) is 0 Å². The number of hydrogen-bond donors (Lipinski definition) is 2. The van der Waals surface area contributed by atoms with E-state index in [1.165, 1.54) is 6.20 Å². The Hall–Kier alpha value is -3.09. The zero-order valence-electron chi connectivity index (χ0n) is 14.2. The van der Waals surface area contributed by atoms with Gasteiger partial charge in [0.25, 0.3) is 5.78 Å². The van der Waals surface area contributed by atoms with Crippen LogP contribution in [0.4, 0.5) is 0 Å². The van der Waals surface area contributed by atoms with Gasteiger partial charge in [0.1, 0.15) is 5.76 Å². The van der Waals surface area contributed by atoms with E-state index in [4.69, 9.17) is 28.3 Å². The number of aliphatic hydroxyl groups is 1. The average Bonchev–Trinajstić information content (AvgIpc) is 2.66. The molecule has 3 aromatic rings. The number of rotatable bonds is 5. The van der Waals surface area contributed by atoms with Gasteiger partial charge in [0, 0.05) is 33.3 Å². The molecule has 142 valence electrons. The van der Waals surface area contributed by atoms with Crippen LogP contribution < -0.4 is 5.43 Å². The van der Waals surface area contributed by atoms with Gasteiger partial charge in [-0.05, 0) is 24.3 Å². The highest BCUT2D eigenvalue weighted by atomic mass is 35.5. The number of para-hydroxylation sites is 1. The van der Waals surface area contributed by atoms with Crippen LogP contribution in [0.1, 0.15) is 11.1 Å². The van der Waals surface area contributed by atoms with Gasteiger partial charge in [-0.15, -0.1) is 0 Å². The van der Waals surface area contributed by atoms with E-state index in [0.717, 1.165) is 0 Å². The molecule has 0 radical (unpaired) electrons. The second-order valence-corrected chi connectivity index (χ2v) is 6.73. The molecule has 2 N–H and O–H groups in total. The van der Waals surface area contributed by atoms with Crippen molar-refractivity contribution in [2.75, 3.05) is 0 Å². The molecule has 6 nitrogen and oxygen atoms in total. The minimum absolute atomic E-state index is 0.187. The second kappa shape index (κ2) is 7.88. The smallest absolute Gasteiger partial charge is 0.376 e. The van der Waals surface area contributed by atoms with Crippen molar-refractivity contribution in [2.24, 2.45) is 0 Å². The molecule has 0 saturated heterocycles. The maximum absolute atomic E-state index is 12.7. The summed E-state index contributed by atoms with van der Waals surface area (Å²) in [6, 6.07) is 11.7. The molecule has 2 aromatic carbocycles. The first-order valence-corrected chi connectivity index (χ1v) is 8.78. The van der Waals surface area contributed by atoms with Crippen LogP contribution in [0, 0.1) is 0 Å². The number of aliphatic hydroxyl groups excluding tert-OH is 1. The molecule has 0 fully saturated rings. The van der Waals surface area contributed by atoms with Crippen molar-refractivity contribution >= 4 is 51.6 Å². The van der Waals surface area contributed by atoms with Gasteiger partial charge in [-0.3, -0.25) is 9.59 Å². The molecule has 0 aliphatic rings. The molecular weight excluding hydrogens is 405 g/mol. The molecule has 0 atom stereocenters. The first-order chi connectivity index (χ1) is 13.3. The molecule has 1 aromatic heterocycles. The molecule has 0 unspecified atom stereocenters. The molecular formula is C20H13Cl2NO5. The minimum atomic E-state index is -1.74. The summed E-state index contributed by atoms with van der Waals surface area (Å²) in [5.41, 5.74) is 0.417. The molecule has 0 aliphatic carbocycles. The van der Waals surface area contributed by atoms with Gasteiger partial charge >= 0.3 is 5.97 Å². The quantitative estimate of drug-likeness (QED) is 0.372. The Morgan fingerprint density at radius 2 is 1.64 bits per heavy atom. The summed E-state index contributed by atoms with van der Waals surface area (Å²) in [4.78, 5) is 34.9. The lowest BCUT2D eigenvalue weighted by atomic mass is 10.1. The Kier molecular flexibility index (Phi) is 5.53. The zero-order valence-corrected chi connectivity index (χ0v) is 15.7. The third kappa shape index (κ3) is 3.78. The maximum atomic E-state index is 12.7. The van der Waals surface area contributed by atoms with Crippen LogP contribution in [0.25, 0.3) is 16.7 Å². The number of fused-ring (bicyclic) bond motifs is 1. The number of nitrogens with zero attached hydrogens (tertiary/aromatic N) is 1. The van der Waals surface area contributed by atoms with Crippen molar-refractivity contribution in [3.05, 3.63) is 86.1 Å². The first kappa shape index (κ1) is 19.7. The Bertz CT molecular complexity index is 1180. The number of carbonyl (C=O) groups excluding carboxylic acids is 1. The van der Waals surface area contributed by atoms with E-state index in [0.29, 0.717) is 27.2 Å². The van der Waals surface area contributed by atoms with Gasteiger partial charge < -0.3 is 14.8 Å². The van der Waals surface area contributed by atoms with Gasteiger partial charge in [-0.1, -0.05) is 41.4 Å². The van der Waals surface area contributed by atoms with Crippen molar-refractivity contribution in [3.8, 4) is 0 Å². The van der Waals surface area contributed by atoms with Crippen LogP contribution in [0.5, 0.6) is 0 Å². The summed E-state index contributed by atoms with van der Waals surface area (Å²) in [6.07, 6.45) is 1.84. The Morgan fingerprint density at radius 3 is 2.29 bits per heavy atom. The lowest BCUT2D eigenvalue weighted by Gasteiger charge is -2.15. The third-order valence-corrected chi connectivity index (χ3v) is 4.84. The lowest BCUT2D eigenvalue weighted by Crippen LogP contribution is -2.17. The molecule has 0 aliphatic heterocycles. The van der Waals surface area contributed by atoms with Crippen LogP contribution >= 0.6 is 23.2 Å². The standard InChI is InChI=1S/C20H13Cl2NO5/c21-14-5-3-6-15(22)12(14)9-23-10-13(17(24)8-18(25)20(27)28)19(26)11-4-1-2-7-16(11)23/h1-8,10,24H,9H2,(H,27,28)/b17-8-. The van der Waals surface area contributed by atoms with Gasteiger partial charge in [0.05, 0.1) is 17.6 Å². The Balaban J connectivity index is 2.23. The van der Waals surface area contributed by atoms with E-state index in [1.807, 2.05) is 0 Å². The summed E-state index contributed by atoms with van der Waals surface area (Å²) < 4.78 is 1.65. The molecule has 0 amide bonds. The molecule has 0 bridgehead atoms. The van der Waals surface area contributed by atoms with E-state index >= 15 is 0 Å². The summed E-state index contributed by atoms with van der Waals surface area (Å²) in [6.45, 7) is 0.187. The van der Waals surface area contributed by atoms with E-state index in [-0.39, 0.29) is 17.5 Å². The number of carboxylic acids is 1. The normalized spacial score (nSPS) is 11.6. The predicted molar refractivity (Wildman–Crippen MR) is 107 cm³/mol. The third-order valence-electron chi connectivity index (χ3n) is 4.13. The van der Waals surface area contributed by atoms with Crippen LogP contribution in [0.2, 0.25) is 10.0 Å². The highest BCUT2D eigenvalue weighted by molar-refractivity contribution is 6.38. The minimum Gasteiger partial charge on any atom is -0.507 e. The summed E-state index contributed by atoms with van der Waals surface area (Å²) >= 11 is 12.5. The van der Waals surface area contributed by atoms with Crippen molar-refractivity contribution in [2.45, 2.75) is 6.54 Å². The number of aliphatic carboxylic acids is 1. The van der Waals surface area contributed by atoms with Gasteiger partial charge in [0.2, 0.25) is 0 Å². The van der Waals surface area contributed by atoms with Crippen LogP contribution in [-0.4, -0.2) is 26.5 Å². The molecule has 1 heterocycles. The number of hydrogen-bond acceptors (Lipinski definition) is 4. The van der Waals surface area contributed by atoms with Crippen LogP contribution in [0.15, 0.2) is 59.5 Å². The number of aromatic nitrogens is 1. The highest BCUT2D eigenvalue weighted by Crippen LogP contribution is 2.26. The molecule has 3 rings (SSSR count). The average molecular weight is 418 g/mol. The van der Waals surface area contributed by atoms with Crippen LogP contribution in [-0.2, 0) is 16.1 Å². The Morgan fingerprint density at radius 1 is 1.00 bits per heavy atom. The number of carboxylic acid groups (broad SMARTS) is 1. The lowest BCUT2D eigenvalue weighted by molar-refractivity contribution is -0.146. The SMILES string of the molecule is O=C(O)C(=O)/C=C(\O)c1cn(Cc2c(Cl)cccc2Cl)c2ccccc2c1=O. The van der Waals surface area contributed by atoms with Crippen molar-refractivity contribution < 1.29 is 19.8 Å².